The second-order valence-corrected chi connectivity index (χ2v) is 7.63. The van der Waals surface area contributed by atoms with Crippen molar-refractivity contribution in [2.24, 2.45) is 0 Å². The first-order valence-corrected chi connectivity index (χ1v) is 10.5. The fraction of sp³-hybridized carbons (Fsp3) is 0.364. The van der Waals surface area contributed by atoms with Crippen LogP contribution < -0.4 is 4.90 Å². The average Bonchev–Trinajstić information content (AvgIpc) is 3.44. The molecule has 1 saturated heterocycles. The molecule has 166 valence electrons. The van der Waals surface area contributed by atoms with Crippen LogP contribution in [0.4, 0.5) is 5.82 Å². The largest absolute Gasteiger partial charge is 0.393 e. The topological polar surface area (TPSA) is 114 Å². The third kappa shape index (κ3) is 3.72. The Labute approximate surface area is 184 Å². The number of morpholine rings is 1. The number of aromatic nitrogens is 6. The number of aryl methyl sites for hydroxylation is 1. The van der Waals surface area contributed by atoms with Gasteiger partial charge in [-0.3, -0.25) is 0 Å². The lowest BCUT2D eigenvalue weighted by Gasteiger charge is -2.28. The minimum Gasteiger partial charge on any atom is -0.393 e. The Morgan fingerprint density at radius 3 is 2.81 bits per heavy atom. The Balaban J connectivity index is 1.60. The number of ether oxygens (including phenoxy) is 2. The average molecular weight is 435 g/mol. The Bertz CT molecular complexity index is 1230. The molecule has 0 saturated carbocycles. The molecule has 4 aromatic rings. The molecule has 32 heavy (non-hydrogen) atoms. The van der Waals surface area contributed by atoms with Crippen molar-refractivity contribution < 1.29 is 14.6 Å². The van der Waals surface area contributed by atoms with Crippen molar-refractivity contribution in [2.75, 3.05) is 44.9 Å². The van der Waals surface area contributed by atoms with Crippen LogP contribution in [-0.2, 0) is 9.47 Å². The molecule has 10 nitrogen and oxygen atoms in total. The Kier molecular flexibility index (Phi) is 5.56. The predicted octanol–water partition coefficient (Wildman–Crippen LogP) is 2.03. The number of aliphatic hydroxyl groups excluding tert-OH is 1. The van der Waals surface area contributed by atoms with Gasteiger partial charge >= 0.3 is 0 Å². The van der Waals surface area contributed by atoms with E-state index in [2.05, 4.69) is 24.8 Å². The van der Waals surface area contributed by atoms with Gasteiger partial charge in [0.2, 0.25) is 0 Å². The highest BCUT2D eigenvalue weighted by Crippen LogP contribution is 2.29. The minimum absolute atomic E-state index is 0.214. The molecule has 1 aliphatic rings. The van der Waals surface area contributed by atoms with Gasteiger partial charge in [0.25, 0.3) is 0 Å². The van der Waals surface area contributed by atoms with Gasteiger partial charge in [0.05, 0.1) is 25.5 Å². The number of fused-ring (bicyclic) bond motifs is 1. The van der Waals surface area contributed by atoms with Crippen molar-refractivity contribution in [3.05, 3.63) is 48.2 Å². The van der Waals surface area contributed by atoms with Gasteiger partial charge < -0.3 is 24.5 Å². The molecule has 5 heterocycles. The van der Waals surface area contributed by atoms with Crippen molar-refractivity contribution >= 4 is 16.9 Å². The van der Waals surface area contributed by atoms with E-state index in [0.717, 1.165) is 46.9 Å². The summed E-state index contributed by atoms with van der Waals surface area (Å²) in [6, 6.07) is 7.87. The molecule has 0 bridgehead atoms. The van der Waals surface area contributed by atoms with Crippen molar-refractivity contribution in [3.8, 4) is 17.1 Å². The van der Waals surface area contributed by atoms with Gasteiger partial charge in [0.15, 0.2) is 11.6 Å². The maximum absolute atomic E-state index is 9.76. The molecule has 0 spiro atoms. The van der Waals surface area contributed by atoms with Crippen LogP contribution in [0.15, 0.2) is 36.7 Å². The molecular formula is C22H25N7O3. The number of methoxy groups -OCH3 is 1. The van der Waals surface area contributed by atoms with Gasteiger partial charge in [-0.25, -0.2) is 19.6 Å². The molecule has 0 unspecified atom stereocenters. The zero-order valence-corrected chi connectivity index (χ0v) is 18.0. The summed E-state index contributed by atoms with van der Waals surface area (Å²) in [6.07, 6.45) is 3.06. The number of aliphatic hydroxyl groups is 1. The van der Waals surface area contributed by atoms with Crippen LogP contribution in [0.1, 0.15) is 17.6 Å². The van der Waals surface area contributed by atoms with Crippen LogP contribution in [0.25, 0.3) is 28.1 Å². The number of aromatic amines is 1. The van der Waals surface area contributed by atoms with Crippen molar-refractivity contribution in [1.29, 1.82) is 0 Å². The van der Waals surface area contributed by atoms with Crippen LogP contribution in [0, 0.1) is 6.92 Å². The SMILES string of the molecule is CO[C@@H](CO)c1nc(N2CCOCC2)cc(-n2nc(-c3c[nH]c4ncccc34)cc2C)n1. The monoisotopic (exact) mass is 435 g/mol. The Morgan fingerprint density at radius 1 is 1.22 bits per heavy atom. The third-order valence-corrected chi connectivity index (χ3v) is 5.62. The highest BCUT2D eigenvalue weighted by Gasteiger charge is 2.21. The van der Waals surface area contributed by atoms with Crippen molar-refractivity contribution in [1.82, 2.24) is 29.7 Å². The molecule has 10 heteroatoms. The van der Waals surface area contributed by atoms with Crippen LogP contribution in [0.5, 0.6) is 0 Å². The molecule has 4 aromatic heterocycles. The first-order valence-electron chi connectivity index (χ1n) is 10.5. The number of nitrogens with one attached hydrogen (secondary N) is 1. The number of anilines is 1. The van der Waals surface area contributed by atoms with E-state index in [1.807, 2.05) is 37.4 Å². The standard InChI is InChI=1S/C22H25N7O3/c1-14-10-17(16-12-24-21-15(16)4-3-5-23-21)27-29(14)20-11-19(28-6-8-32-9-7-28)25-22(26-20)18(13-30)31-2/h3-5,10-12,18,30H,6-9,13H2,1-2H3,(H,23,24)/t18-/m0/s1. The lowest BCUT2D eigenvalue weighted by Crippen LogP contribution is -2.37. The van der Waals surface area contributed by atoms with Crippen molar-refractivity contribution in [3.63, 3.8) is 0 Å². The van der Waals surface area contributed by atoms with Crippen LogP contribution >= 0.6 is 0 Å². The summed E-state index contributed by atoms with van der Waals surface area (Å²) in [6.45, 7) is 4.52. The van der Waals surface area contributed by atoms with Gasteiger partial charge in [-0.1, -0.05) is 0 Å². The zero-order chi connectivity index (χ0) is 22.1. The molecule has 1 fully saturated rings. The first-order chi connectivity index (χ1) is 15.7. The third-order valence-electron chi connectivity index (χ3n) is 5.62. The highest BCUT2D eigenvalue weighted by molar-refractivity contribution is 5.92. The van der Waals surface area contributed by atoms with E-state index in [1.54, 1.807) is 10.9 Å². The number of nitrogens with zero attached hydrogens (tertiary/aromatic N) is 6. The van der Waals surface area contributed by atoms with Gasteiger partial charge in [-0.2, -0.15) is 5.10 Å². The van der Waals surface area contributed by atoms with Crippen molar-refractivity contribution in [2.45, 2.75) is 13.0 Å². The molecule has 0 radical (unpaired) electrons. The van der Waals surface area contributed by atoms with E-state index in [9.17, 15) is 5.11 Å². The van der Waals surface area contributed by atoms with E-state index in [-0.39, 0.29) is 6.61 Å². The summed E-state index contributed by atoms with van der Waals surface area (Å²) in [4.78, 5) is 19.1. The van der Waals surface area contributed by atoms with Gasteiger partial charge in [0, 0.05) is 55.3 Å². The lowest BCUT2D eigenvalue weighted by molar-refractivity contribution is 0.0422. The van der Waals surface area contributed by atoms with E-state index in [4.69, 9.17) is 14.6 Å². The number of pyridine rings is 1. The summed E-state index contributed by atoms with van der Waals surface area (Å²) < 4.78 is 12.7. The molecule has 1 aliphatic heterocycles. The number of rotatable bonds is 6. The summed E-state index contributed by atoms with van der Waals surface area (Å²) in [5, 5.41) is 15.6. The van der Waals surface area contributed by atoms with E-state index in [1.165, 1.54) is 7.11 Å². The summed E-state index contributed by atoms with van der Waals surface area (Å²) >= 11 is 0. The molecular weight excluding hydrogens is 410 g/mol. The fourth-order valence-corrected chi connectivity index (χ4v) is 3.91. The maximum atomic E-state index is 9.76. The van der Waals surface area contributed by atoms with E-state index >= 15 is 0 Å². The number of hydrogen-bond acceptors (Lipinski definition) is 8. The van der Waals surface area contributed by atoms with Crippen LogP contribution in [0.3, 0.4) is 0 Å². The molecule has 5 rings (SSSR count). The molecule has 0 amide bonds. The molecule has 0 aromatic carbocycles. The highest BCUT2D eigenvalue weighted by atomic mass is 16.5. The summed E-state index contributed by atoms with van der Waals surface area (Å²) in [5.74, 6) is 1.80. The Hall–Kier alpha value is -3.34. The first kappa shape index (κ1) is 20.6. The smallest absolute Gasteiger partial charge is 0.164 e. The fourth-order valence-electron chi connectivity index (χ4n) is 3.91. The maximum Gasteiger partial charge on any atom is 0.164 e. The molecule has 0 aliphatic carbocycles. The van der Waals surface area contributed by atoms with Crippen LogP contribution in [0.2, 0.25) is 0 Å². The van der Waals surface area contributed by atoms with E-state index < -0.39 is 6.10 Å². The molecule has 1 atom stereocenters. The van der Waals surface area contributed by atoms with Gasteiger partial charge in [-0.05, 0) is 25.1 Å². The molecule has 2 N–H and O–H groups in total. The zero-order valence-electron chi connectivity index (χ0n) is 18.0. The quantitative estimate of drug-likeness (QED) is 0.473. The minimum atomic E-state index is -0.621. The predicted molar refractivity (Wildman–Crippen MR) is 119 cm³/mol. The number of hydrogen-bond donors (Lipinski definition) is 2. The normalized spacial score (nSPS) is 15.4. The lowest BCUT2D eigenvalue weighted by atomic mass is 10.1. The Morgan fingerprint density at radius 2 is 2.03 bits per heavy atom. The van der Waals surface area contributed by atoms with Gasteiger partial charge in [-0.15, -0.1) is 0 Å². The second-order valence-electron chi connectivity index (χ2n) is 7.63. The summed E-state index contributed by atoms with van der Waals surface area (Å²) in [7, 11) is 1.54. The summed E-state index contributed by atoms with van der Waals surface area (Å²) in [5.41, 5.74) is 3.54. The van der Waals surface area contributed by atoms with Gasteiger partial charge in [0.1, 0.15) is 17.6 Å². The van der Waals surface area contributed by atoms with E-state index in [0.29, 0.717) is 24.9 Å². The second kappa shape index (κ2) is 8.65. The van der Waals surface area contributed by atoms with Crippen LogP contribution in [-0.4, -0.2) is 74.8 Å². The number of H-pyrrole nitrogens is 1.